The zero-order chi connectivity index (χ0) is 18.2. The van der Waals surface area contributed by atoms with Gasteiger partial charge in [0, 0.05) is 11.6 Å². The summed E-state index contributed by atoms with van der Waals surface area (Å²) in [6.45, 7) is 0. The van der Waals surface area contributed by atoms with E-state index in [9.17, 15) is 22.8 Å². The predicted octanol–water partition coefficient (Wildman–Crippen LogP) is 3.72. The second-order valence-corrected chi connectivity index (χ2v) is 5.20. The van der Waals surface area contributed by atoms with Crippen LogP contribution in [-0.4, -0.2) is 16.6 Å². The van der Waals surface area contributed by atoms with Crippen LogP contribution in [0.2, 0.25) is 0 Å². The Morgan fingerprint density at radius 2 is 1.88 bits per heavy atom. The number of aliphatic imine (C=N–C) groups is 1. The van der Waals surface area contributed by atoms with Gasteiger partial charge in [-0.1, -0.05) is 18.2 Å². The van der Waals surface area contributed by atoms with Crippen LogP contribution in [0.5, 0.6) is 0 Å². The van der Waals surface area contributed by atoms with Crippen LogP contribution >= 0.6 is 0 Å². The van der Waals surface area contributed by atoms with Crippen molar-refractivity contribution in [2.75, 3.05) is 0 Å². The Bertz CT molecular complexity index is 1030. The second-order valence-electron chi connectivity index (χ2n) is 5.20. The summed E-state index contributed by atoms with van der Waals surface area (Å²) >= 11 is 0. The van der Waals surface area contributed by atoms with Crippen molar-refractivity contribution in [3.8, 4) is 5.69 Å². The van der Waals surface area contributed by atoms with Gasteiger partial charge >= 0.3 is 6.18 Å². The Balaban J connectivity index is 2.38. The van der Waals surface area contributed by atoms with Crippen molar-refractivity contribution in [2.45, 2.75) is 6.18 Å². The fourth-order valence-corrected chi connectivity index (χ4v) is 2.61. The summed E-state index contributed by atoms with van der Waals surface area (Å²) in [6.07, 6.45) is -1.81. The SMILES string of the molecule is NC(=O)c1ccccc1-n1cc(N=C=O)c2ccc(C(F)(F)F)cc21. The summed E-state index contributed by atoms with van der Waals surface area (Å²) in [7, 11) is 0. The third-order valence-electron chi connectivity index (χ3n) is 3.71. The lowest BCUT2D eigenvalue weighted by Gasteiger charge is -2.11. The number of para-hydroxylation sites is 1. The molecule has 0 aliphatic rings. The molecule has 8 heteroatoms. The number of primary amides is 1. The van der Waals surface area contributed by atoms with E-state index in [4.69, 9.17) is 5.73 Å². The highest BCUT2D eigenvalue weighted by molar-refractivity contribution is 5.99. The number of hydrogen-bond donors (Lipinski definition) is 1. The van der Waals surface area contributed by atoms with E-state index >= 15 is 0 Å². The molecule has 5 nitrogen and oxygen atoms in total. The van der Waals surface area contributed by atoms with Gasteiger partial charge in [-0.15, -0.1) is 0 Å². The standard InChI is InChI=1S/C17H10F3N3O2/c18-17(19,20)10-5-6-11-13(22-9-24)8-23(15(11)7-10)14-4-2-1-3-12(14)16(21)25/h1-8H,(H2,21,25). The number of amides is 1. The van der Waals surface area contributed by atoms with E-state index in [2.05, 4.69) is 4.99 Å². The van der Waals surface area contributed by atoms with Gasteiger partial charge in [-0.25, -0.2) is 4.79 Å². The Morgan fingerprint density at radius 1 is 1.16 bits per heavy atom. The van der Waals surface area contributed by atoms with Crippen molar-refractivity contribution in [1.82, 2.24) is 4.57 Å². The van der Waals surface area contributed by atoms with Crippen molar-refractivity contribution in [3.63, 3.8) is 0 Å². The number of carbonyl (C=O) groups excluding carboxylic acids is 2. The van der Waals surface area contributed by atoms with Crippen LogP contribution < -0.4 is 5.73 Å². The molecule has 0 saturated carbocycles. The number of fused-ring (bicyclic) bond motifs is 1. The molecule has 0 saturated heterocycles. The molecular weight excluding hydrogens is 335 g/mol. The molecule has 0 bridgehead atoms. The number of halogens is 3. The van der Waals surface area contributed by atoms with Crippen molar-refractivity contribution < 1.29 is 22.8 Å². The highest BCUT2D eigenvalue weighted by Crippen LogP contribution is 2.36. The van der Waals surface area contributed by atoms with Crippen LogP contribution in [0.3, 0.4) is 0 Å². The number of isocyanates is 1. The average Bonchev–Trinajstić information content (AvgIpc) is 2.92. The lowest BCUT2D eigenvalue weighted by atomic mass is 10.1. The first-order valence-electron chi connectivity index (χ1n) is 7.02. The summed E-state index contributed by atoms with van der Waals surface area (Å²) in [5.41, 5.74) is 5.16. The van der Waals surface area contributed by atoms with Crippen LogP contribution in [0.4, 0.5) is 18.9 Å². The Kier molecular flexibility index (Phi) is 3.90. The van der Waals surface area contributed by atoms with Gasteiger partial charge in [0.05, 0.1) is 22.3 Å². The first-order valence-corrected chi connectivity index (χ1v) is 7.02. The van der Waals surface area contributed by atoms with Crippen LogP contribution in [-0.2, 0) is 11.0 Å². The number of aromatic nitrogens is 1. The van der Waals surface area contributed by atoms with Crippen LogP contribution in [0.1, 0.15) is 15.9 Å². The molecule has 1 aromatic heterocycles. The van der Waals surface area contributed by atoms with E-state index < -0.39 is 17.6 Å². The van der Waals surface area contributed by atoms with E-state index in [1.807, 2.05) is 0 Å². The van der Waals surface area contributed by atoms with E-state index in [1.54, 1.807) is 12.1 Å². The maximum absolute atomic E-state index is 13.0. The molecule has 2 N–H and O–H groups in total. The lowest BCUT2D eigenvalue weighted by Crippen LogP contribution is -2.14. The van der Waals surface area contributed by atoms with Gasteiger partial charge in [0.2, 0.25) is 6.08 Å². The van der Waals surface area contributed by atoms with Crippen LogP contribution in [0, 0.1) is 0 Å². The van der Waals surface area contributed by atoms with Crippen LogP contribution in [0.25, 0.3) is 16.6 Å². The quantitative estimate of drug-likeness (QED) is 0.580. The number of rotatable bonds is 3. The molecule has 2 aromatic carbocycles. The number of benzene rings is 2. The minimum atomic E-state index is -4.54. The zero-order valence-electron chi connectivity index (χ0n) is 12.5. The van der Waals surface area contributed by atoms with Gasteiger partial charge in [-0.2, -0.15) is 18.2 Å². The Labute approximate surface area is 139 Å². The summed E-state index contributed by atoms with van der Waals surface area (Å²) in [6, 6.07) is 9.24. The molecule has 1 amide bonds. The summed E-state index contributed by atoms with van der Waals surface area (Å²) in [5, 5.41) is 0.315. The molecule has 0 aliphatic heterocycles. The second kappa shape index (κ2) is 5.92. The maximum atomic E-state index is 13.0. The monoisotopic (exact) mass is 345 g/mol. The minimum Gasteiger partial charge on any atom is -0.366 e. The first-order chi connectivity index (χ1) is 11.8. The number of nitrogens with zero attached hydrogens (tertiary/aromatic N) is 2. The average molecular weight is 345 g/mol. The first kappa shape index (κ1) is 16.5. The summed E-state index contributed by atoms with van der Waals surface area (Å²) in [4.78, 5) is 25.8. The Morgan fingerprint density at radius 3 is 2.52 bits per heavy atom. The van der Waals surface area contributed by atoms with Gasteiger partial charge < -0.3 is 10.3 Å². The lowest BCUT2D eigenvalue weighted by molar-refractivity contribution is -0.137. The summed E-state index contributed by atoms with van der Waals surface area (Å²) < 4.78 is 40.5. The minimum absolute atomic E-state index is 0.124. The molecule has 0 aliphatic carbocycles. The molecule has 0 atom stereocenters. The molecule has 0 unspecified atom stereocenters. The molecular formula is C17H10F3N3O2. The predicted molar refractivity (Wildman–Crippen MR) is 84.6 cm³/mol. The zero-order valence-corrected chi connectivity index (χ0v) is 12.5. The number of carbonyl (C=O) groups is 1. The van der Waals surface area contributed by atoms with Gasteiger partial charge in [0.15, 0.2) is 0 Å². The van der Waals surface area contributed by atoms with Crippen molar-refractivity contribution in [2.24, 2.45) is 10.7 Å². The molecule has 0 fully saturated rings. The van der Waals surface area contributed by atoms with Gasteiger partial charge in [0.1, 0.15) is 5.69 Å². The molecule has 1 heterocycles. The van der Waals surface area contributed by atoms with E-state index in [0.717, 1.165) is 12.1 Å². The molecule has 0 spiro atoms. The van der Waals surface area contributed by atoms with Crippen molar-refractivity contribution >= 4 is 28.6 Å². The maximum Gasteiger partial charge on any atom is 0.416 e. The fraction of sp³-hybridized carbons (Fsp3) is 0.0588. The number of hydrogen-bond acceptors (Lipinski definition) is 3. The van der Waals surface area contributed by atoms with Gasteiger partial charge in [-0.3, -0.25) is 4.79 Å². The smallest absolute Gasteiger partial charge is 0.366 e. The Hall–Kier alpha value is -3.38. The largest absolute Gasteiger partial charge is 0.416 e. The third kappa shape index (κ3) is 2.90. The van der Waals surface area contributed by atoms with Crippen molar-refractivity contribution in [3.05, 3.63) is 59.8 Å². The molecule has 126 valence electrons. The van der Waals surface area contributed by atoms with E-state index in [0.29, 0.717) is 5.39 Å². The third-order valence-corrected chi connectivity index (χ3v) is 3.71. The molecule has 25 heavy (non-hydrogen) atoms. The van der Waals surface area contributed by atoms with Crippen LogP contribution in [0.15, 0.2) is 53.7 Å². The highest BCUT2D eigenvalue weighted by Gasteiger charge is 2.31. The molecule has 0 radical (unpaired) electrons. The summed E-state index contributed by atoms with van der Waals surface area (Å²) in [5.74, 6) is -0.732. The van der Waals surface area contributed by atoms with Gasteiger partial charge in [0.25, 0.3) is 5.91 Å². The molecule has 3 rings (SSSR count). The number of alkyl halides is 3. The van der Waals surface area contributed by atoms with Crippen molar-refractivity contribution in [1.29, 1.82) is 0 Å². The number of nitrogens with two attached hydrogens (primary N) is 1. The molecule has 3 aromatic rings. The van der Waals surface area contributed by atoms with E-state index in [-0.39, 0.29) is 22.5 Å². The van der Waals surface area contributed by atoms with E-state index in [1.165, 1.54) is 35.0 Å². The normalized spacial score (nSPS) is 11.3. The fourth-order valence-electron chi connectivity index (χ4n) is 2.61. The topological polar surface area (TPSA) is 77.5 Å². The van der Waals surface area contributed by atoms with Gasteiger partial charge in [-0.05, 0) is 24.3 Å². The highest BCUT2D eigenvalue weighted by atomic mass is 19.4.